The standard InChI is InChI=1S/C12H22N2O4S.ClH/c1-18-12(15)10-4-2-3-5-11(10)19(16,17)14-9-6-7-13-8-9;/h9-11,13-14H,2-8H2,1H3;1H. The van der Waals surface area contributed by atoms with Crippen LogP contribution < -0.4 is 10.0 Å². The number of sulfonamides is 1. The first-order valence-corrected chi connectivity index (χ1v) is 8.39. The molecule has 20 heavy (non-hydrogen) atoms. The molecule has 3 unspecified atom stereocenters. The zero-order valence-corrected chi connectivity index (χ0v) is 13.3. The van der Waals surface area contributed by atoms with E-state index < -0.39 is 27.2 Å². The maximum Gasteiger partial charge on any atom is 0.310 e. The highest BCUT2D eigenvalue weighted by molar-refractivity contribution is 7.90. The van der Waals surface area contributed by atoms with Gasteiger partial charge in [-0.2, -0.15) is 0 Å². The number of ether oxygens (including phenoxy) is 1. The van der Waals surface area contributed by atoms with E-state index in [1.54, 1.807) is 0 Å². The number of esters is 1. The van der Waals surface area contributed by atoms with Crippen LogP contribution in [0.25, 0.3) is 0 Å². The smallest absolute Gasteiger partial charge is 0.310 e. The Morgan fingerprint density at radius 3 is 2.55 bits per heavy atom. The molecule has 1 aliphatic heterocycles. The van der Waals surface area contributed by atoms with Crippen molar-refractivity contribution in [1.29, 1.82) is 0 Å². The molecule has 1 aliphatic carbocycles. The summed E-state index contributed by atoms with van der Waals surface area (Å²) >= 11 is 0. The lowest BCUT2D eigenvalue weighted by atomic mass is 9.89. The van der Waals surface area contributed by atoms with E-state index >= 15 is 0 Å². The van der Waals surface area contributed by atoms with Gasteiger partial charge in [0.25, 0.3) is 0 Å². The Balaban J connectivity index is 0.00000200. The van der Waals surface area contributed by atoms with E-state index in [9.17, 15) is 13.2 Å². The zero-order chi connectivity index (χ0) is 13.9. The largest absolute Gasteiger partial charge is 0.469 e. The number of halogens is 1. The molecule has 0 aromatic rings. The molecule has 0 spiro atoms. The number of methoxy groups -OCH3 is 1. The van der Waals surface area contributed by atoms with Crippen LogP contribution in [0.3, 0.4) is 0 Å². The van der Waals surface area contributed by atoms with Gasteiger partial charge in [0, 0.05) is 12.6 Å². The summed E-state index contributed by atoms with van der Waals surface area (Å²) in [7, 11) is -2.15. The molecule has 0 radical (unpaired) electrons. The fourth-order valence-electron chi connectivity index (χ4n) is 2.96. The Labute approximate surface area is 126 Å². The Bertz CT molecular complexity index is 423. The van der Waals surface area contributed by atoms with Gasteiger partial charge in [0.15, 0.2) is 0 Å². The second-order valence-electron chi connectivity index (χ2n) is 5.31. The van der Waals surface area contributed by atoms with Crippen molar-refractivity contribution in [3.05, 3.63) is 0 Å². The van der Waals surface area contributed by atoms with Crippen LogP contribution >= 0.6 is 12.4 Å². The van der Waals surface area contributed by atoms with Crippen molar-refractivity contribution in [2.24, 2.45) is 5.92 Å². The van der Waals surface area contributed by atoms with Gasteiger partial charge in [-0.15, -0.1) is 12.4 Å². The molecule has 2 fully saturated rings. The highest BCUT2D eigenvalue weighted by atomic mass is 35.5. The van der Waals surface area contributed by atoms with Crippen molar-refractivity contribution in [3.63, 3.8) is 0 Å². The van der Waals surface area contributed by atoms with Gasteiger partial charge >= 0.3 is 5.97 Å². The van der Waals surface area contributed by atoms with E-state index in [1.807, 2.05) is 0 Å². The van der Waals surface area contributed by atoms with Gasteiger partial charge in [0.05, 0.1) is 18.3 Å². The van der Waals surface area contributed by atoms with E-state index in [1.165, 1.54) is 7.11 Å². The van der Waals surface area contributed by atoms with Crippen LogP contribution in [0.1, 0.15) is 32.1 Å². The van der Waals surface area contributed by atoms with E-state index in [0.717, 1.165) is 25.8 Å². The van der Waals surface area contributed by atoms with Gasteiger partial charge in [0.2, 0.25) is 10.0 Å². The topological polar surface area (TPSA) is 84.5 Å². The molecular formula is C12H23ClN2O4S. The first-order chi connectivity index (χ1) is 9.04. The Morgan fingerprint density at radius 1 is 1.25 bits per heavy atom. The van der Waals surface area contributed by atoms with Crippen molar-refractivity contribution in [2.45, 2.75) is 43.4 Å². The molecule has 2 rings (SSSR count). The molecule has 6 nitrogen and oxygen atoms in total. The fourth-order valence-corrected chi connectivity index (χ4v) is 4.96. The lowest BCUT2D eigenvalue weighted by molar-refractivity contribution is -0.146. The molecule has 2 aliphatic rings. The molecule has 8 heteroatoms. The average Bonchev–Trinajstić information content (AvgIpc) is 2.90. The molecule has 3 atom stereocenters. The normalized spacial score (nSPS) is 30.6. The quantitative estimate of drug-likeness (QED) is 0.732. The van der Waals surface area contributed by atoms with Crippen molar-refractivity contribution in [2.75, 3.05) is 20.2 Å². The summed E-state index contributed by atoms with van der Waals surface area (Å²) in [6.07, 6.45) is 3.67. The molecule has 0 aromatic heterocycles. The van der Waals surface area contributed by atoms with Crippen LogP contribution in [0.15, 0.2) is 0 Å². The Morgan fingerprint density at radius 2 is 1.95 bits per heavy atom. The molecule has 0 amide bonds. The maximum atomic E-state index is 12.4. The average molecular weight is 327 g/mol. The molecule has 1 saturated heterocycles. The van der Waals surface area contributed by atoms with Gasteiger partial charge in [-0.1, -0.05) is 12.8 Å². The number of hydrogen-bond donors (Lipinski definition) is 2. The minimum Gasteiger partial charge on any atom is -0.469 e. The number of rotatable bonds is 4. The first-order valence-electron chi connectivity index (χ1n) is 6.84. The number of carbonyl (C=O) groups excluding carboxylic acids is 1. The molecule has 1 saturated carbocycles. The second-order valence-corrected chi connectivity index (χ2v) is 7.24. The van der Waals surface area contributed by atoms with Crippen LogP contribution in [-0.2, 0) is 19.6 Å². The highest BCUT2D eigenvalue weighted by Crippen LogP contribution is 2.30. The number of nitrogens with one attached hydrogen (secondary N) is 2. The van der Waals surface area contributed by atoms with E-state index in [0.29, 0.717) is 19.4 Å². The lowest BCUT2D eigenvalue weighted by Crippen LogP contribution is -2.47. The SMILES string of the molecule is COC(=O)C1CCCCC1S(=O)(=O)NC1CCNC1.Cl. The van der Waals surface area contributed by atoms with Gasteiger partial charge < -0.3 is 10.1 Å². The van der Waals surface area contributed by atoms with Crippen LogP contribution in [0, 0.1) is 5.92 Å². The Kier molecular flexibility index (Phi) is 6.71. The van der Waals surface area contributed by atoms with Crippen molar-refractivity contribution in [3.8, 4) is 0 Å². The monoisotopic (exact) mass is 326 g/mol. The fraction of sp³-hybridized carbons (Fsp3) is 0.917. The van der Waals surface area contributed by atoms with E-state index in [-0.39, 0.29) is 18.4 Å². The summed E-state index contributed by atoms with van der Waals surface area (Å²) < 4.78 is 32.3. The summed E-state index contributed by atoms with van der Waals surface area (Å²) in [5.41, 5.74) is 0. The van der Waals surface area contributed by atoms with Crippen LogP contribution in [-0.4, -0.2) is 45.9 Å². The Hall–Kier alpha value is -0.370. The first kappa shape index (κ1) is 17.7. The van der Waals surface area contributed by atoms with Crippen molar-refractivity contribution in [1.82, 2.24) is 10.0 Å². The minimum absolute atomic E-state index is 0. The summed E-state index contributed by atoms with van der Waals surface area (Å²) in [6, 6.07) is -0.0507. The van der Waals surface area contributed by atoms with Crippen molar-refractivity contribution >= 4 is 28.4 Å². The number of carbonyl (C=O) groups is 1. The molecule has 118 valence electrons. The van der Waals surface area contributed by atoms with Gasteiger partial charge in [-0.25, -0.2) is 13.1 Å². The molecule has 0 aromatic carbocycles. The molecular weight excluding hydrogens is 304 g/mol. The molecule has 1 heterocycles. The van der Waals surface area contributed by atoms with Crippen LogP contribution in [0.2, 0.25) is 0 Å². The third-order valence-corrected chi connectivity index (χ3v) is 6.02. The van der Waals surface area contributed by atoms with Gasteiger partial charge in [0.1, 0.15) is 0 Å². The predicted molar refractivity (Wildman–Crippen MR) is 78.3 cm³/mol. The van der Waals surface area contributed by atoms with Gasteiger partial charge in [-0.3, -0.25) is 4.79 Å². The summed E-state index contributed by atoms with van der Waals surface area (Å²) in [5, 5.41) is 2.48. The zero-order valence-electron chi connectivity index (χ0n) is 11.6. The molecule has 2 N–H and O–H groups in total. The number of hydrogen-bond acceptors (Lipinski definition) is 5. The molecule has 0 bridgehead atoms. The summed E-state index contributed by atoms with van der Waals surface area (Å²) in [6.45, 7) is 1.49. The third kappa shape index (κ3) is 4.07. The predicted octanol–water partition coefficient (Wildman–Crippen LogP) is 0.421. The van der Waals surface area contributed by atoms with Crippen LogP contribution in [0.4, 0.5) is 0 Å². The third-order valence-electron chi connectivity index (χ3n) is 4.00. The summed E-state index contributed by atoms with van der Waals surface area (Å²) in [4.78, 5) is 11.7. The van der Waals surface area contributed by atoms with Crippen LogP contribution in [0.5, 0.6) is 0 Å². The minimum atomic E-state index is -3.46. The maximum absolute atomic E-state index is 12.4. The van der Waals surface area contributed by atoms with Gasteiger partial charge in [-0.05, 0) is 25.8 Å². The lowest BCUT2D eigenvalue weighted by Gasteiger charge is -2.30. The van der Waals surface area contributed by atoms with E-state index in [2.05, 4.69) is 10.0 Å². The highest BCUT2D eigenvalue weighted by Gasteiger charge is 2.41. The van der Waals surface area contributed by atoms with E-state index in [4.69, 9.17) is 4.74 Å². The second kappa shape index (κ2) is 7.59. The van der Waals surface area contributed by atoms with Crippen molar-refractivity contribution < 1.29 is 17.9 Å². The summed E-state index contributed by atoms with van der Waals surface area (Å²) in [5.74, 6) is -0.926.